The molecule has 0 saturated carbocycles. The highest BCUT2D eigenvalue weighted by molar-refractivity contribution is 7.61. The fourth-order valence-electron chi connectivity index (χ4n) is 1.97. The molecule has 0 aliphatic carbocycles. The average Bonchev–Trinajstić information content (AvgIpc) is 2.89. The first-order chi connectivity index (χ1) is 9.55. The molecule has 0 bridgehead atoms. The van der Waals surface area contributed by atoms with Crippen LogP contribution in [-0.2, 0) is 13.6 Å². The molecule has 1 heterocycles. The lowest BCUT2D eigenvalue weighted by Gasteiger charge is -2.11. The molecule has 1 aromatic carbocycles. The molecular formula is C14H17O5P. The highest BCUT2D eigenvalue weighted by Gasteiger charge is 2.32. The monoisotopic (exact) mass is 296 g/mol. The standard InChI is InChI=1S/C14H17O5P/c1-10-13(11-5-7-12(16-2)8-6-11)9-19-14(10)20(15,17-3)18-4/h5-9H,1-4H3. The van der Waals surface area contributed by atoms with Crippen LogP contribution in [0, 0.1) is 6.92 Å². The number of furan rings is 1. The van der Waals surface area contributed by atoms with Crippen molar-refractivity contribution in [2.24, 2.45) is 0 Å². The maximum Gasteiger partial charge on any atom is 0.396 e. The Bertz CT molecular complexity index is 622. The van der Waals surface area contributed by atoms with Crippen LogP contribution >= 0.6 is 7.60 Å². The van der Waals surface area contributed by atoms with E-state index in [-0.39, 0.29) is 5.50 Å². The molecule has 0 radical (unpaired) electrons. The molecule has 0 fully saturated rings. The van der Waals surface area contributed by atoms with Crippen molar-refractivity contribution in [1.29, 1.82) is 0 Å². The first kappa shape index (κ1) is 14.9. The van der Waals surface area contributed by atoms with E-state index in [0.717, 1.165) is 22.4 Å². The van der Waals surface area contributed by atoms with Crippen LogP contribution in [0.15, 0.2) is 34.9 Å². The second-order valence-corrected chi connectivity index (χ2v) is 6.30. The van der Waals surface area contributed by atoms with Crippen molar-refractivity contribution in [2.75, 3.05) is 21.3 Å². The zero-order chi connectivity index (χ0) is 14.8. The summed E-state index contributed by atoms with van der Waals surface area (Å²) in [5, 5.41) is 0. The highest BCUT2D eigenvalue weighted by atomic mass is 31.2. The van der Waals surface area contributed by atoms with E-state index in [4.69, 9.17) is 18.2 Å². The van der Waals surface area contributed by atoms with Crippen molar-refractivity contribution >= 4 is 13.1 Å². The smallest absolute Gasteiger partial charge is 0.396 e. The van der Waals surface area contributed by atoms with E-state index in [0.29, 0.717) is 0 Å². The van der Waals surface area contributed by atoms with Gasteiger partial charge in [-0.25, -0.2) is 0 Å². The Morgan fingerprint density at radius 2 is 1.65 bits per heavy atom. The zero-order valence-electron chi connectivity index (χ0n) is 11.9. The maximum absolute atomic E-state index is 12.4. The summed E-state index contributed by atoms with van der Waals surface area (Å²) in [5.41, 5.74) is 2.75. The lowest BCUT2D eigenvalue weighted by Crippen LogP contribution is -2.08. The fraction of sp³-hybridized carbons (Fsp3) is 0.286. The van der Waals surface area contributed by atoms with Gasteiger partial charge >= 0.3 is 7.60 Å². The third-order valence-electron chi connectivity index (χ3n) is 3.14. The zero-order valence-corrected chi connectivity index (χ0v) is 12.8. The number of ether oxygens (including phenoxy) is 1. The molecule has 108 valence electrons. The largest absolute Gasteiger partial charge is 0.497 e. The van der Waals surface area contributed by atoms with E-state index in [1.807, 2.05) is 31.2 Å². The van der Waals surface area contributed by atoms with Crippen molar-refractivity contribution in [3.63, 3.8) is 0 Å². The Labute approximate surface area is 118 Å². The Hall–Kier alpha value is -1.55. The first-order valence-corrected chi connectivity index (χ1v) is 7.54. The van der Waals surface area contributed by atoms with Crippen LogP contribution in [0.4, 0.5) is 0 Å². The number of benzene rings is 1. The van der Waals surface area contributed by atoms with E-state index in [1.165, 1.54) is 14.2 Å². The summed E-state index contributed by atoms with van der Waals surface area (Å²) in [4.78, 5) is 0. The summed E-state index contributed by atoms with van der Waals surface area (Å²) in [7, 11) is 0.903. The molecule has 20 heavy (non-hydrogen) atoms. The fourth-order valence-corrected chi connectivity index (χ4v) is 3.17. The number of hydrogen-bond acceptors (Lipinski definition) is 5. The molecule has 0 atom stereocenters. The number of hydrogen-bond donors (Lipinski definition) is 0. The van der Waals surface area contributed by atoms with Crippen molar-refractivity contribution in [3.05, 3.63) is 36.1 Å². The Morgan fingerprint density at radius 1 is 1.05 bits per heavy atom. The predicted octanol–water partition coefficient (Wildman–Crippen LogP) is 3.37. The van der Waals surface area contributed by atoms with Crippen molar-refractivity contribution in [1.82, 2.24) is 0 Å². The average molecular weight is 296 g/mol. The van der Waals surface area contributed by atoms with Gasteiger partial charge in [-0.15, -0.1) is 0 Å². The molecule has 5 nitrogen and oxygen atoms in total. The summed E-state index contributed by atoms with van der Waals surface area (Å²) in [6, 6.07) is 7.53. The van der Waals surface area contributed by atoms with E-state index in [2.05, 4.69) is 0 Å². The first-order valence-electron chi connectivity index (χ1n) is 6.00. The van der Waals surface area contributed by atoms with E-state index in [1.54, 1.807) is 13.4 Å². The van der Waals surface area contributed by atoms with Crippen LogP contribution in [-0.4, -0.2) is 21.3 Å². The van der Waals surface area contributed by atoms with Gasteiger partial charge in [0.1, 0.15) is 5.75 Å². The quantitative estimate of drug-likeness (QED) is 0.792. The van der Waals surface area contributed by atoms with Crippen molar-refractivity contribution < 1.29 is 22.8 Å². The van der Waals surface area contributed by atoms with Crippen molar-refractivity contribution in [3.8, 4) is 16.9 Å². The second kappa shape index (κ2) is 5.83. The van der Waals surface area contributed by atoms with Crippen LogP contribution in [0.3, 0.4) is 0 Å². The third-order valence-corrected chi connectivity index (χ3v) is 5.04. The summed E-state index contributed by atoms with van der Waals surface area (Å²) in [6.07, 6.45) is 1.55. The van der Waals surface area contributed by atoms with E-state index >= 15 is 0 Å². The van der Waals surface area contributed by atoms with Crippen molar-refractivity contribution in [2.45, 2.75) is 6.92 Å². The SMILES string of the molecule is COc1ccc(-c2coc(P(=O)(OC)OC)c2C)cc1. The molecule has 0 amide bonds. The molecule has 0 N–H and O–H groups in total. The Kier molecular flexibility index (Phi) is 4.33. The minimum absolute atomic E-state index is 0.230. The number of methoxy groups -OCH3 is 1. The van der Waals surface area contributed by atoms with Gasteiger partial charge in [0.2, 0.25) is 5.50 Å². The predicted molar refractivity (Wildman–Crippen MR) is 76.7 cm³/mol. The van der Waals surface area contributed by atoms with Gasteiger partial charge in [0.15, 0.2) is 0 Å². The number of rotatable bonds is 5. The van der Waals surface area contributed by atoms with Crippen LogP contribution in [0.2, 0.25) is 0 Å². The van der Waals surface area contributed by atoms with Crippen LogP contribution in [0.1, 0.15) is 5.56 Å². The summed E-state index contributed by atoms with van der Waals surface area (Å²) < 4.78 is 32.8. The van der Waals surface area contributed by atoms with Gasteiger partial charge in [0.25, 0.3) is 0 Å². The lowest BCUT2D eigenvalue weighted by atomic mass is 10.1. The summed E-state index contributed by atoms with van der Waals surface area (Å²) >= 11 is 0. The summed E-state index contributed by atoms with van der Waals surface area (Å²) in [6.45, 7) is 1.82. The van der Waals surface area contributed by atoms with Crippen LogP contribution < -0.4 is 10.2 Å². The minimum atomic E-state index is -3.38. The molecule has 0 saturated heterocycles. The topological polar surface area (TPSA) is 57.9 Å². The van der Waals surface area contributed by atoms with E-state index in [9.17, 15) is 4.57 Å². The molecule has 1 aromatic heterocycles. The third kappa shape index (κ3) is 2.52. The minimum Gasteiger partial charge on any atom is -0.497 e. The molecule has 0 aliphatic heterocycles. The van der Waals surface area contributed by atoms with Gasteiger partial charge in [-0.05, 0) is 24.6 Å². The van der Waals surface area contributed by atoms with E-state index < -0.39 is 7.60 Å². The van der Waals surface area contributed by atoms with Gasteiger partial charge in [-0.2, -0.15) is 0 Å². The van der Waals surface area contributed by atoms with Gasteiger partial charge in [-0.3, -0.25) is 4.57 Å². The molecule has 2 rings (SSSR count). The Morgan fingerprint density at radius 3 is 2.15 bits per heavy atom. The lowest BCUT2D eigenvalue weighted by molar-refractivity contribution is 0.281. The normalized spacial score (nSPS) is 11.6. The molecule has 6 heteroatoms. The molecule has 0 unspecified atom stereocenters. The Balaban J connectivity index is 2.44. The molecule has 0 aliphatic rings. The molecular weight excluding hydrogens is 279 g/mol. The maximum atomic E-state index is 12.4. The second-order valence-electron chi connectivity index (χ2n) is 4.17. The van der Waals surface area contributed by atoms with Gasteiger partial charge in [-0.1, -0.05) is 12.1 Å². The molecule has 2 aromatic rings. The van der Waals surface area contributed by atoms with Gasteiger partial charge in [0, 0.05) is 25.3 Å². The highest BCUT2D eigenvalue weighted by Crippen LogP contribution is 2.47. The molecule has 0 spiro atoms. The van der Waals surface area contributed by atoms with Gasteiger partial charge < -0.3 is 18.2 Å². The van der Waals surface area contributed by atoms with Crippen LogP contribution in [0.25, 0.3) is 11.1 Å². The van der Waals surface area contributed by atoms with Gasteiger partial charge in [0.05, 0.1) is 13.4 Å². The van der Waals surface area contributed by atoms with Crippen LogP contribution in [0.5, 0.6) is 5.75 Å². The summed E-state index contributed by atoms with van der Waals surface area (Å²) in [5.74, 6) is 0.773.